The van der Waals surface area contributed by atoms with Crippen molar-refractivity contribution >= 4 is 52.2 Å². The van der Waals surface area contributed by atoms with E-state index < -0.39 is 0 Å². The minimum Gasteiger partial charge on any atom is -0.134 e. The van der Waals surface area contributed by atoms with Crippen molar-refractivity contribution in [3.05, 3.63) is 47.5 Å². The normalized spacial score (nSPS) is 10.7. The van der Waals surface area contributed by atoms with Gasteiger partial charge in [-0.25, -0.2) is 0 Å². The van der Waals surface area contributed by atoms with Gasteiger partial charge in [-0.2, -0.15) is 0 Å². The highest BCUT2D eigenvalue weighted by atomic mass is 32.1. The minimum atomic E-state index is 0.964. The first-order valence-corrected chi connectivity index (χ1v) is 10.8. The second kappa shape index (κ2) is 7.55. The molecule has 0 N–H and O–H groups in total. The van der Waals surface area contributed by atoms with Crippen LogP contribution in [-0.4, -0.2) is 0 Å². The van der Waals surface area contributed by atoms with Crippen molar-refractivity contribution in [2.45, 2.75) is 39.5 Å². The molecule has 2 heterocycles. The van der Waals surface area contributed by atoms with Gasteiger partial charge < -0.3 is 0 Å². The fourth-order valence-electron chi connectivity index (χ4n) is 2.99. The molecule has 0 saturated heterocycles. The van der Waals surface area contributed by atoms with Crippen LogP contribution in [-0.2, 0) is 0 Å². The summed E-state index contributed by atoms with van der Waals surface area (Å²) >= 11 is 3.77. The second-order valence-corrected chi connectivity index (χ2v) is 8.49. The van der Waals surface area contributed by atoms with Crippen molar-refractivity contribution < 1.29 is 0 Å². The number of benzene rings is 2. The van der Waals surface area contributed by atoms with Crippen molar-refractivity contribution in [1.82, 2.24) is 0 Å². The summed E-state index contributed by atoms with van der Waals surface area (Å²) in [7, 11) is 0. The van der Waals surface area contributed by atoms with Crippen LogP contribution >= 0.6 is 22.7 Å². The molecular formula is C24H20S2. The summed E-state index contributed by atoms with van der Waals surface area (Å²) in [4.78, 5) is 0. The van der Waals surface area contributed by atoms with Gasteiger partial charge in [0, 0.05) is 44.1 Å². The summed E-state index contributed by atoms with van der Waals surface area (Å²) < 4.78 is 5.46. The van der Waals surface area contributed by atoms with E-state index in [4.69, 9.17) is 0 Å². The highest BCUT2D eigenvalue weighted by molar-refractivity contribution is 7.36. The average molecular weight is 373 g/mol. The summed E-state index contributed by atoms with van der Waals surface area (Å²) in [6.45, 7) is 4.33. The van der Waals surface area contributed by atoms with Gasteiger partial charge in [0.15, 0.2) is 0 Å². The molecule has 2 heteroatoms. The molecule has 0 saturated carbocycles. The fourth-order valence-corrected chi connectivity index (χ4v) is 5.72. The van der Waals surface area contributed by atoms with E-state index in [1.165, 1.54) is 29.6 Å². The summed E-state index contributed by atoms with van der Waals surface area (Å²) in [5.41, 5.74) is 2.25. The SMILES string of the molecule is CCCC#Cc1ccc2c(c1)sc1c3ccc(C#CCCC)cc3sc21. The molecule has 0 radical (unpaired) electrons. The molecule has 0 nitrogen and oxygen atoms in total. The minimum absolute atomic E-state index is 0.964. The third kappa shape index (κ3) is 3.24. The first-order valence-electron chi connectivity index (χ1n) is 9.16. The number of unbranched alkanes of at least 4 members (excludes halogenated alkanes) is 2. The smallest absolute Gasteiger partial charge is 0.0542 e. The molecule has 4 rings (SSSR count). The zero-order chi connectivity index (χ0) is 17.9. The molecule has 0 aliphatic rings. The molecule has 0 bridgehead atoms. The number of rotatable bonds is 2. The average Bonchev–Trinajstić information content (AvgIpc) is 3.17. The predicted octanol–water partition coefficient (Wildman–Crippen LogP) is 7.57. The molecule has 0 spiro atoms. The maximum absolute atomic E-state index is 3.29. The molecule has 2 aromatic heterocycles. The number of thiophene rings is 2. The first kappa shape index (κ1) is 17.2. The van der Waals surface area contributed by atoms with Crippen molar-refractivity contribution in [3.63, 3.8) is 0 Å². The van der Waals surface area contributed by atoms with Gasteiger partial charge in [0.1, 0.15) is 0 Å². The third-order valence-electron chi connectivity index (χ3n) is 4.30. The number of hydrogen-bond donors (Lipinski definition) is 0. The Morgan fingerprint density at radius 2 is 1.15 bits per heavy atom. The summed E-state index contributed by atoms with van der Waals surface area (Å²) in [5, 5.41) is 2.71. The highest BCUT2D eigenvalue weighted by Crippen LogP contribution is 2.44. The Kier molecular flexibility index (Phi) is 4.98. The van der Waals surface area contributed by atoms with Crippen LogP contribution in [0.25, 0.3) is 29.6 Å². The van der Waals surface area contributed by atoms with Crippen LogP contribution in [0, 0.1) is 23.7 Å². The lowest BCUT2D eigenvalue weighted by Gasteiger charge is -1.93. The van der Waals surface area contributed by atoms with Gasteiger partial charge >= 0.3 is 0 Å². The zero-order valence-electron chi connectivity index (χ0n) is 15.1. The van der Waals surface area contributed by atoms with E-state index in [0.717, 1.165) is 36.8 Å². The van der Waals surface area contributed by atoms with Gasteiger partial charge in [0.25, 0.3) is 0 Å². The van der Waals surface area contributed by atoms with Crippen LogP contribution in [0.5, 0.6) is 0 Å². The predicted molar refractivity (Wildman–Crippen MR) is 118 cm³/mol. The van der Waals surface area contributed by atoms with Crippen LogP contribution in [0.1, 0.15) is 50.7 Å². The Hall–Kier alpha value is -2.26. The molecule has 0 amide bonds. The lowest BCUT2D eigenvalue weighted by Crippen LogP contribution is -1.73. The molecule has 0 aliphatic carbocycles. The lowest BCUT2D eigenvalue weighted by molar-refractivity contribution is 0.983. The van der Waals surface area contributed by atoms with Crippen molar-refractivity contribution in [3.8, 4) is 23.7 Å². The molecule has 0 unspecified atom stereocenters. The summed E-state index contributed by atoms with van der Waals surface area (Å²) in [6.07, 6.45) is 4.15. The largest absolute Gasteiger partial charge is 0.134 e. The van der Waals surface area contributed by atoms with E-state index in [1.54, 1.807) is 0 Å². The first-order chi connectivity index (χ1) is 12.8. The van der Waals surface area contributed by atoms with E-state index in [-0.39, 0.29) is 0 Å². The van der Waals surface area contributed by atoms with E-state index in [2.05, 4.69) is 73.9 Å². The maximum atomic E-state index is 3.29. The lowest BCUT2D eigenvalue weighted by atomic mass is 10.1. The van der Waals surface area contributed by atoms with Crippen LogP contribution < -0.4 is 0 Å². The van der Waals surface area contributed by atoms with Crippen molar-refractivity contribution in [1.29, 1.82) is 0 Å². The quantitative estimate of drug-likeness (QED) is 0.318. The summed E-state index contributed by atoms with van der Waals surface area (Å²) in [5.74, 6) is 13.1. The Morgan fingerprint density at radius 1 is 0.692 bits per heavy atom. The van der Waals surface area contributed by atoms with Crippen LogP contribution in [0.3, 0.4) is 0 Å². The van der Waals surface area contributed by atoms with Gasteiger partial charge in [-0.05, 0) is 37.1 Å². The topological polar surface area (TPSA) is 0 Å². The third-order valence-corrected chi connectivity index (χ3v) is 6.80. The molecule has 128 valence electrons. The Morgan fingerprint density at radius 3 is 1.58 bits per heavy atom. The van der Waals surface area contributed by atoms with Gasteiger partial charge in [0.05, 0.1) is 9.40 Å². The molecule has 0 fully saturated rings. The van der Waals surface area contributed by atoms with Gasteiger partial charge in [-0.1, -0.05) is 49.7 Å². The zero-order valence-corrected chi connectivity index (χ0v) is 16.7. The molecule has 4 aromatic rings. The second-order valence-electron chi connectivity index (χ2n) is 6.39. The maximum Gasteiger partial charge on any atom is 0.0542 e. The molecule has 2 aromatic carbocycles. The number of fused-ring (bicyclic) bond motifs is 5. The number of hydrogen-bond acceptors (Lipinski definition) is 2. The van der Waals surface area contributed by atoms with E-state index >= 15 is 0 Å². The monoisotopic (exact) mass is 372 g/mol. The Bertz CT molecular complexity index is 1120. The van der Waals surface area contributed by atoms with Crippen molar-refractivity contribution in [2.24, 2.45) is 0 Å². The molecular weight excluding hydrogens is 352 g/mol. The van der Waals surface area contributed by atoms with Crippen LogP contribution in [0.15, 0.2) is 36.4 Å². The van der Waals surface area contributed by atoms with Gasteiger partial charge in [0.2, 0.25) is 0 Å². The van der Waals surface area contributed by atoms with E-state index in [0.29, 0.717) is 0 Å². The highest BCUT2D eigenvalue weighted by Gasteiger charge is 2.12. The van der Waals surface area contributed by atoms with E-state index in [1.807, 2.05) is 22.7 Å². The van der Waals surface area contributed by atoms with Crippen molar-refractivity contribution in [2.75, 3.05) is 0 Å². The Balaban J connectivity index is 1.79. The summed E-state index contributed by atoms with van der Waals surface area (Å²) in [6, 6.07) is 13.3. The molecule has 26 heavy (non-hydrogen) atoms. The molecule has 0 atom stereocenters. The Labute approximate surface area is 162 Å². The van der Waals surface area contributed by atoms with Crippen LogP contribution in [0.2, 0.25) is 0 Å². The fraction of sp³-hybridized carbons (Fsp3) is 0.250. The van der Waals surface area contributed by atoms with Gasteiger partial charge in [-0.15, -0.1) is 22.7 Å². The van der Waals surface area contributed by atoms with Gasteiger partial charge in [-0.3, -0.25) is 0 Å². The van der Waals surface area contributed by atoms with E-state index in [9.17, 15) is 0 Å². The van der Waals surface area contributed by atoms with Crippen LogP contribution in [0.4, 0.5) is 0 Å². The molecule has 0 aliphatic heterocycles. The standard InChI is InChI=1S/C24H20S2/c1-3-5-7-9-17-11-13-19-21(15-17)25-24-20-14-12-18(10-8-6-4-2)16-22(20)26-23(19)24/h11-16H,3-6H2,1-2H3.